The molecule has 0 unspecified atom stereocenters. The molecule has 0 aromatic heterocycles. The molecule has 20 heavy (non-hydrogen) atoms. The largest absolute Gasteiger partial charge is 0.573 e. The van der Waals surface area contributed by atoms with Crippen LogP contribution in [-0.2, 0) is 13.6 Å². The number of nitrogens with two attached hydrogens (primary N) is 1. The highest BCUT2D eigenvalue weighted by molar-refractivity contribution is 7.62. The van der Waals surface area contributed by atoms with Crippen molar-refractivity contribution in [1.29, 1.82) is 0 Å². The number of rotatable bonds is 6. The lowest BCUT2D eigenvalue weighted by Crippen LogP contribution is -2.23. The van der Waals surface area contributed by atoms with Gasteiger partial charge in [-0.3, -0.25) is 4.57 Å². The van der Waals surface area contributed by atoms with Crippen LogP contribution in [0.1, 0.15) is 13.8 Å². The van der Waals surface area contributed by atoms with E-state index in [1.165, 1.54) is 6.07 Å². The zero-order valence-electron chi connectivity index (χ0n) is 10.9. The lowest BCUT2D eigenvalue weighted by Gasteiger charge is -2.20. The van der Waals surface area contributed by atoms with Crippen molar-refractivity contribution in [3.05, 3.63) is 18.2 Å². The summed E-state index contributed by atoms with van der Waals surface area (Å²) in [6.45, 7) is 3.08. The highest BCUT2D eigenvalue weighted by atomic mass is 31.2. The number of ether oxygens (including phenoxy) is 1. The Bertz CT molecular complexity index is 497. The third-order valence-corrected chi connectivity index (χ3v) is 4.24. The molecule has 1 rings (SSSR count). The maximum absolute atomic E-state index is 12.5. The lowest BCUT2D eigenvalue weighted by molar-refractivity contribution is -0.274. The summed E-state index contributed by atoms with van der Waals surface area (Å²) < 4.78 is 63.4. The van der Waals surface area contributed by atoms with Crippen molar-refractivity contribution in [2.75, 3.05) is 18.9 Å². The second-order valence-corrected chi connectivity index (χ2v) is 5.60. The van der Waals surface area contributed by atoms with E-state index in [-0.39, 0.29) is 24.2 Å². The molecule has 0 saturated heterocycles. The van der Waals surface area contributed by atoms with E-state index in [1.807, 2.05) is 0 Å². The van der Waals surface area contributed by atoms with Gasteiger partial charge in [-0.05, 0) is 32.0 Å². The van der Waals surface area contributed by atoms with Gasteiger partial charge in [0.1, 0.15) is 11.1 Å². The summed E-state index contributed by atoms with van der Waals surface area (Å²) in [6, 6.07) is 3.27. The molecule has 0 bridgehead atoms. The topological polar surface area (TPSA) is 70.8 Å². The minimum Gasteiger partial charge on any atom is -0.405 e. The average Bonchev–Trinajstić information content (AvgIpc) is 2.30. The molecule has 0 aliphatic rings. The Kier molecular flexibility index (Phi) is 5.44. The second kappa shape index (κ2) is 6.47. The van der Waals surface area contributed by atoms with Crippen LogP contribution in [0.15, 0.2) is 18.2 Å². The zero-order chi connectivity index (χ0) is 15.4. The Hall–Kier alpha value is -1.24. The third kappa shape index (κ3) is 4.40. The molecule has 1 aromatic carbocycles. The van der Waals surface area contributed by atoms with E-state index >= 15 is 0 Å². The Morgan fingerprint density at radius 3 is 2.20 bits per heavy atom. The molecule has 0 aliphatic carbocycles. The van der Waals surface area contributed by atoms with Crippen molar-refractivity contribution in [2.24, 2.45) is 0 Å². The Balaban J connectivity index is 3.32. The lowest BCUT2D eigenvalue weighted by atomic mass is 10.3. The number of halogens is 3. The predicted octanol–water partition coefficient (Wildman–Crippen LogP) is 3.06. The quantitative estimate of drug-likeness (QED) is 0.645. The van der Waals surface area contributed by atoms with E-state index in [2.05, 4.69) is 4.74 Å². The summed E-state index contributed by atoms with van der Waals surface area (Å²) in [6.07, 6.45) is -4.92. The van der Waals surface area contributed by atoms with Crippen LogP contribution >= 0.6 is 7.60 Å². The van der Waals surface area contributed by atoms with Crippen molar-refractivity contribution < 1.29 is 31.5 Å². The van der Waals surface area contributed by atoms with Gasteiger partial charge in [-0.2, -0.15) is 0 Å². The minimum absolute atomic E-state index is 0.00245. The standard InChI is InChI=1S/C11H15F3NO4P/c1-3-17-20(16,18-4-2)10-7-8(15)5-6-9(10)19-11(12,13)14/h5-7H,3-4,15H2,1-2H3. The van der Waals surface area contributed by atoms with Gasteiger partial charge >= 0.3 is 14.0 Å². The van der Waals surface area contributed by atoms with Gasteiger partial charge in [-0.1, -0.05) is 0 Å². The van der Waals surface area contributed by atoms with Gasteiger partial charge in [0.2, 0.25) is 0 Å². The third-order valence-electron chi connectivity index (χ3n) is 2.10. The van der Waals surface area contributed by atoms with Crippen LogP contribution in [0.5, 0.6) is 5.75 Å². The van der Waals surface area contributed by atoms with E-state index in [4.69, 9.17) is 14.8 Å². The molecule has 0 aliphatic heterocycles. The Morgan fingerprint density at radius 1 is 1.20 bits per heavy atom. The fourth-order valence-electron chi connectivity index (χ4n) is 1.48. The molecule has 9 heteroatoms. The van der Waals surface area contributed by atoms with E-state index in [0.29, 0.717) is 0 Å². The van der Waals surface area contributed by atoms with Crippen LogP contribution < -0.4 is 15.8 Å². The van der Waals surface area contributed by atoms with Crippen LogP contribution in [0.2, 0.25) is 0 Å². The molecule has 2 N–H and O–H groups in total. The summed E-state index contributed by atoms with van der Waals surface area (Å²) >= 11 is 0. The van der Waals surface area contributed by atoms with E-state index < -0.39 is 19.7 Å². The molecule has 0 amide bonds. The van der Waals surface area contributed by atoms with Gasteiger partial charge in [-0.15, -0.1) is 13.2 Å². The first-order chi connectivity index (χ1) is 9.22. The summed E-state index contributed by atoms with van der Waals surface area (Å²) in [5.74, 6) is -0.656. The Labute approximate surface area is 114 Å². The predicted molar refractivity (Wildman–Crippen MR) is 68.0 cm³/mol. The summed E-state index contributed by atoms with van der Waals surface area (Å²) in [5.41, 5.74) is 5.63. The van der Waals surface area contributed by atoms with Crippen LogP contribution in [0.4, 0.5) is 18.9 Å². The molecule has 1 aromatic rings. The molecule has 114 valence electrons. The van der Waals surface area contributed by atoms with E-state index in [1.54, 1.807) is 13.8 Å². The normalized spacial score (nSPS) is 12.4. The molecule has 5 nitrogen and oxygen atoms in total. The van der Waals surface area contributed by atoms with Gasteiger partial charge < -0.3 is 19.5 Å². The molecule has 0 fully saturated rings. The summed E-state index contributed by atoms with van der Waals surface area (Å²) in [5, 5.41) is -0.349. The van der Waals surface area contributed by atoms with Crippen LogP contribution in [-0.4, -0.2) is 19.6 Å². The molecule has 0 heterocycles. The number of benzene rings is 1. The Morgan fingerprint density at radius 2 is 1.75 bits per heavy atom. The molecular formula is C11H15F3NO4P. The van der Waals surface area contributed by atoms with Crippen molar-refractivity contribution in [3.63, 3.8) is 0 Å². The van der Waals surface area contributed by atoms with Crippen molar-refractivity contribution in [1.82, 2.24) is 0 Å². The summed E-state index contributed by atoms with van der Waals surface area (Å²) in [7, 11) is -3.93. The van der Waals surface area contributed by atoms with Gasteiger partial charge in [0, 0.05) is 5.69 Å². The van der Waals surface area contributed by atoms with E-state index in [9.17, 15) is 17.7 Å². The number of nitrogen functional groups attached to an aromatic ring is 1. The van der Waals surface area contributed by atoms with Crippen LogP contribution in [0, 0.1) is 0 Å². The second-order valence-electron chi connectivity index (χ2n) is 3.61. The summed E-state index contributed by atoms with van der Waals surface area (Å²) in [4.78, 5) is 0. The van der Waals surface area contributed by atoms with Crippen molar-refractivity contribution in [3.8, 4) is 5.75 Å². The van der Waals surface area contributed by atoms with Crippen molar-refractivity contribution in [2.45, 2.75) is 20.2 Å². The molecule has 0 atom stereocenters. The van der Waals surface area contributed by atoms with Crippen molar-refractivity contribution >= 4 is 18.6 Å². The minimum atomic E-state index is -4.92. The van der Waals surface area contributed by atoms with Gasteiger partial charge in [0.25, 0.3) is 0 Å². The van der Waals surface area contributed by atoms with Gasteiger partial charge in [0.15, 0.2) is 0 Å². The first kappa shape index (κ1) is 16.8. The molecular weight excluding hydrogens is 298 g/mol. The fraction of sp³-hybridized carbons (Fsp3) is 0.455. The number of anilines is 1. The van der Waals surface area contributed by atoms with Crippen LogP contribution in [0.25, 0.3) is 0 Å². The molecule has 0 spiro atoms. The van der Waals surface area contributed by atoms with Gasteiger partial charge in [0.05, 0.1) is 13.2 Å². The highest BCUT2D eigenvalue weighted by Gasteiger charge is 2.37. The first-order valence-electron chi connectivity index (χ1n) is 5.76. The fourth-order valence-corrected chi connectivity index (χ4v) is 3.21. The van der Waals surface area contributed by atoms with Crippen LogP contribution in [0.3, 0.4) is 0 Å². The molecule has 0 radical (unpaired) electrons. The number of alkyl halides is 3. The molecule has 0 saturated carbocycles. The highest BCUT2D eigenvalue weighted by Crippen LogP contribution is 2.50. The maximum atomic E-state index is 12.5. The monoisotopic (exact) mass is 313 g/mol. The number of hydrogen-bond donors (Lipinski definition) is 1. The number of hydrogen-bond acceptors (Lipinski definition) is 5. The zero-order valence-corrected chi connectivity index (χ0v) is 11.8. The smallest absolute Gasteiger partial charge is 0.405 e. The first-order valence-corrected chi connectivity index (χ1v) is 7.31. The average molecular weight is 313 g/mol. The maximum Gasteiger partial charge on any atom is 0.573 e. The SMILES string of the molecule is CCOP(=O)(OCC)c1cc(N)ccc1OC(F)(F)F. The van der Waals surface area contributed by atoms with Gasteiger partial charge in [-0.25, -0.2) is 0 Å². The van der Waals surface area contributed by atoms with E-state index in [0.717, 1.165) is 12.1 Å².